The van der Waals surface area contributed by atoms with Crippen LogP contribution in [0.4, 0.5) is 0 Å². The van der Waals surface area contributed by atoms with Crippen LogP contribution in [0.5, 0.6) is 5.75 Å². The Morgan fingerprint density at radius 3 is 3.00 bits per heavy atom. The highest BCUT2D eigenvalue weighted by Crippen LogP contribution is 2.22. The first-order valence-electron chi connectivity index (χ1n) is 7.26. The molecule has 1 amide bonds. The number of carbonyl (C=O) groups is 1. The predicted octanol–water partition coefficient (Wildman–Crippen LogP) is 2.57. The highest BCUT2D eigenvalue weighted by molar-refractivity contribution is 6.03. The van der Waals surface area contributed by atoms with E-state index in [0.717, 1.165) is 36.2 Å². The van der Waals surface area contributed by atoms with Gasteiger partial charge in [0.2, 0.25) is 0 Å². The van der Waals surface area contributed by atoms with Crippen LogP contribution in [0, 0.1) is 6.92 Å². The first-order valence-corrected chi connectivity index (χ1v) is 7.26. The molecule has 0 bridgehead atoms. The quantitative estimate of drug-likeness (QED) is 0.836. The van der Waals surface area contributed by atoms with Crippen LogP contribution in [0.3, 0.4) is 0 Å². The monoisotopic (exact) mass is 295 g/mol. The second-order valence-corrected chi connectivity index (χ2v) is 5.34. The molecule has 5 heteroatoms. The van der Waals surface area contributed by atoms with E-state index in [1.807, 2.05) is 12.1 Å². The van der Waals surface area contributed by atoms with Crippen LogP contribution in [0.2, 0.25) is 0 Å². The van der Waals surface area contributed by atoms with E-state index in [-0.39, 0.29) is 11.3 Å². The molecular formula is C17H17N3O2. The van der Waals surface area contributed by atoms with Gasteiger partial charge < -0.3 is 5.11 Å². The fourth-order valence-electron chi connectivity index (χ4n) is 2.59. The summed E-state index contributed by atoms with van der Waals surface area (Å²) in [5.74, 6) is -0.431. The molecular weight excluding hydrogens is 278 g/mol. The molecule has 0 unspecified atom stereocenters. The van der Waals surface area contributed by atoms with Gasteiger partial charge in [-0.1, -0.05) is 18.2 Å². The summed E-state index contributed by atoms with van der Waals surface area (Å²) in [5, 5.41) is 14.2. The molecule has 0 saturated carbocycles. The topological polar surface area (TPSA) is 74.6 Å². The van der Waals surface area contributed by atoms with E-state index < -0.39 is 5.91 Å². The predicted molar refractivity (Wildman–Crippen MR) is 84.0 cm³/mol. The highest BCUT2D eigenvalue weighted by Gasteiger charge is 2.17. The number of aromatic hydroxyl groups is 1. The lowest BCUT2D eigenvalue weighted by Crippen LogP contribution is -2.23. The van der Waals surface area contributed by atoms with Crippen LogP contribution in [-0.2, 0) is 6.42 Å². The van der Waals surface area contributed by atoms with Crippen molar-refractivity contribution in [3.63, 3.8) is 0 Å². The van der Waals surface area contributed by atoms with E-state index in [9.17, 15) is 9.90 Å². The second kappa shape index (κ2) is 5.97. The maximum Gasteiger partial charge on any atom is 0.275 e. The van der Waals surface area contributed by atoms with Crippen molar-refractivity contribution in [3.05, 3.63) is 58.9 Å². The minimum absolute atomic E-state index is 0.0117. The Morgan fingerprint density at radius 1 is 1.27 bits per heavy atom. The summed E-state index contributed by atoms with van der Waals surface area (Å²) in [7, 11) is 0. The number of fused-ring (bicyclic) bond motifs is 1. The lowest BCUT2D eigenvalue weighted by Gasteiger charge is -2.16. The molecule has 1 aliphatic rings. The van der Waals surface area contributed by atoms with Gasteiger partial charge in [-0.3, -0.25) is 9.78 Å². The molecule has 112 valence electrons. The first-order chi connectivity index (χ1) is 10.7. The van der Waals surface area contributed by atoms with Gasteiger partial charge in [-0.2, -0.15) is 5.10 Å². The van der Waals surface area contributed by atoms with Gasteiger partial charge in [-0.25, -0.2) is 5.43 Å². The van der Waals surface area contributed by atoms with Crippen LogP contribution in [0.15, 0.2) is 41.6 Å². The number of carbonyl (C=O) groups excluding carboxylic acids is 1. The fourth-order valence-corrected chi connectivity index (χ4v) is 2.59. The van der Waals surface area contributed by atoms with Crippen LogP contribution in [0.25, 0.3) is 0 Å². The fraction of sp³-hybridized carbons (Fsp3) is 0.235. The maximum atomic E-state index is 12.2. The molecule has 5 nitrogen and oxygen atoms in total. The highest BCUT2D eigenvalue weighted by atomic mass is 16.3. The number of hydrogen-bond donors (Lipinski definition) is 2. The molecule has 22 heavy (non-hydrogen) atoms. The number of hydrogen-bond acceptors (Lipinski definition) is 4. The van der Waals surface area contributed by atoms with Gasteiger partial charge in [-0.05, 0) is 49.4 Å². The molecule has 0 aliphatic heterocycles. The van der Waals surface area contributed by atoms with E-state index >= 15 is 0 Å². The molecule has 2 aromatic rings. The van der Waals surface area contributed by atoms with Crippen LogP contribution < -0.4 is 5.43 Å². The van der Waals surface area contributed by atoms with E-state index in [1.54, 1.807) is 31.3 Å². The Kier molecular flexibility index (Phi) is 3.87. The van der Waals surface area contributed by atoms with E-state index in [2.05, 4.69) is 15.5 Å². The summed E-state index contributed by atoms with van der Waals surface area (Å²) in [6.07, 6.45) is 4.48. The third-order valence-corrected chi connectivity index (χ3v) is 3.80. The molecule has 1 aromatic carbocycles. The van der Waals surface area contributed by atoms with Gasteiger partial charge in [0.1, 0.15) is 5.75 Å². The summed E-state index contributed by atoms with van der Waals surface area (Å²) in [6, 6.07) is 9.00. The molecule has 1 aromatic heterocycles. The van der Waals surface area contributed by atoms with Gasteiger partial charge >= 0.3 is 0 Å². The largest absolute Gasteiger partial charge is 0.507 e. The third-order valence-electron chi connectivity index (χ3n) is 3.80. The number of para-hydroxylation sites is 1. The standard InChI is InChI=1S/C17H17N3O2/c1-11-5-2-8-13(16(11)21)17(22)20-19-14-9-3-6-12-7-4-10-18-15(12)14/h2,4-5,7-8,10,21H,3,6,9H2,1H3,(H,20,22)/b19-14+. The number of nitrogens with zero attached hydrogens (tertiary/aromatic N) is 2. The van der Waals surface area contributed by atoms with Crippen molar-refractivity contribution in [3.8, 4) is 5.75 Å². The van der Waals surface area contributed by atoms with E-state index in [4.69, 9.17) is 0 Å². The number of pyridine rings is 1. The van der Waals surface area contributed by atoms with Crippen molar-refractivity contribution >= 4 is 11.6 Å². The number of nitrogens with one attached hydrogen (secondary N) is 1. The van der Waals surface area contributed by atoms with E-state index in [0.29, 0.717) is 5.56 Å². The molecule has 2 N–H and O–H groups in total. The van der Waals surface area contributed by atoms with Gasteiger partial charge in [0.05, 0.1) is 17.0 Å². The van der Waals surface area contributed by atoms with Gasteiger partial charge in [-0.15, -0.1) is 0 Å². The molecule has 0 radical (unpaired) electrons. The number of phenols is 1. The number of aromatic nitrogens is 1. The van der Waals surface area contributed by atoms with Crippen LogP contribution in [0.1, 0.15) is 40.0 Å². The molecule has 1 aliphatic carbocycles. The average molecular weight is 295 g/mol. The summed E-state index contributed by atoms with van der Waals surface area (Å²) in [5.41, 5.74) is 6.19. The Bertz CT molecular complexity index is 753. The zero-order valence-electron chi connectivity index (χ0n) is 12.3. The van der Waals surface area contributed by atoms with Gasteiger partial charge in [0.15, 0.2) is 0 Å². The van der Waals surface area contributed by atoms with E-state index in [1.165, 1.54) is 0 Å². The Hall–Kier alpha value is -2.69. The maximum absolute atomic E-state index is 12.2. The van der Waals surface area contributed by atoms with Crippen molar-refractivity contribution in [2.45, 2.75) is 26.2 Å². The lowest BCUT2D eigenvalue weighted by molar-refractivity contribution is 0.0952. The molecule has 3 rings (SSSR count). The molecule has 0 spiro atoms. The number of hydrazone groups is 1. The number of aryl methyl sites for hydroxylation is 2. The van der Waals surface area contributed by atoms with Crippen LogP contribution in [-0.4, -0.2) is 21.7 Å². The van der Waals surface area contributed by atoms with Crippen molar-refractivity contribution < 1.29 is 9.90 Å². The lowest BCUT2D eigenvalue weighted by atomic mass is 9.94. The number of phenolic OH excluding ortho intramolecular Hbond substituents is 1. The zero-order chi connectivity index (χ0) is 15.5. The van der Waals surface area contributed by atoms with Crippen molar-refractivity contribution in [1.29, 1.82) is 0 Å². The summed E-state index contributed by atoms with van der Waals surface area (Å²) in [4.78, 5) is 16.5. The number of rotatable bonds is 2. The summed E-state index contributed by atoms with van der Waals surface area (Å²) < 4.78 is 0. The Balaban J connectivity index is 1.83. The minimum atomic E-state index is -0.420. The smallest absolute Gasteiger partial charge is 0.275 e. The third kappa shape index (κ3) is 2.70. The van der Waals surface area contributed by atoms with Crippen molar-refractivity contribution in [1.82, 2.24) is 10.4 Å². The normalized spacial score (nSPS) is 15.4. The first kappa shape index (κ1) is 14.3. The SMILES string of the molecule is Cc1cccc(C(=O)N/N=C2\CCCc3cccnc32)c1O. The number of benzene rings is 1. The van der Waals surface area contributed by atoms with Crippen LogP contribution >= 0.6 is 0 Å². The minimum Gasteiger partial charge on any atom is -0.507 e. The van der Waals surface area contributed by atoms with Gasteiger partial charge in [0, 0.05) is 6.20 Å². The van der Waals surface area contributed by atoms with Crippen molar-refractivity contribution in [2.24, 2.45) is 5.10 Å². The number of amides is 1. The Labute approximate surface area is 128 Å². The summed E-state index contributed by atoms with van der Waals surface area (Å²) >= 11 is 0. The zero-order valence-corrected chi connectivity index (χ0v) is 12.3. The van der Waals surface area contributed by atoms with Gasteiger partial charge in [0.25, 0.3) is 5.91 Å². The second-order valence-electron chi connectivity index (χ2n) is 5.34. The molecule has 1 heterocycles. The Morgan fingerprint density at radius 2 is 2.14 bits per heavy atom. The summed E-state index contributed by atoms with van der Waals surface area (Å²) in [6.45, 7) is 1.75. The average Bonchev–Trinajstić information content (AvgIpc) is 2.55. The molecule has 0 atom stereocenters. The molecule has 0 fully saturated rings. The van der Waals surface area contributed by atoms with Crippen molar-refractivity contribution in [2.75, 3.05) is 0 Å². The molecule has 0 saturated heterocycles.